The minimum atomic E-state index is -1.78. The number of esters is 1. The van der Waals surface area contributed by atoms with Crippen molar-refractivity contribution in [3.63, 3.8) is 0 Å². The average Bonchev–Trinajstić information content (AvgIpc) is 3.09. The van der Waals surface area contributed by atoms with E-state index in [0.717, 1.165) is 38.5 Å². The van der Waals surface area contributed by atoms with Gasteiger partial charge < -0.3 is 54.7 Å². The summed E-state index contributed by atoms with van der Waals surface area (Å²) in [6.07, 6.45) is -1.39. The Morgan fingerprint density at radius 2 is 1.46 bits per heavy atom. The summed E-state index contributed by atoms with van der Waals surface area (Å²) in [7, 11) is 0. The second-order valence-electron chi connectivity index (χ2n) is 19.8. The molecule has 7 rings (SSSR count). The van der Waals surface area contributed by atoms with Gasteiger partial charge >= 0.3 is 11.9 Å². The maximum absolute atomic E-state index is 14.4. The number of allylic oxidation sites excluding steroid dienone is 3. The predicted molar refractivity (Wildman–Crippen MR) is 192 cm³/mol. The highest BCUT2D eigenvalue weighted by atomic mass is 16.7. The van der Waals surface area contributed by atoms with E-state index >= 15 is 0 Å². The van der Waals surface area contributed by atoms with Gasteiger partial charge in [0.05, 0.1) is 18.1 Å². The van der Waals surface area contributed by atoms with Gasteiger partial charge in [0, 0.05) is 11.3 Å². The summed E-state index contributed by atoms with van der Waals surface area (Å²) in [5.74, 6) is -1.58. The molecule has 0 bridgehead atoms. The minimum absolute atomic E-state index is 0.0272. The molecule has 3 saturated carbocycles. The summed E-state index contributed by atoms with van der Waals surface area (Å²) in [5.41, 5.74) is -0.799. The Morgan fingerprint density at radius 3 is 2.15 bits per heavy atom. The lowest BCUT2D eigenvalue weighted by molar-refractivity contribution is -0.323. The highest BCUT2D eigenvalue weighted by molar-refractivity contribution is 5.81. The van der Waals surface area contributed by atoms with E-state index in [1.54, 1.807) is 0 Å². The van der Waals surface area contributed by atoms with Crippen molar-refractivity contribution in [1.82, 2.24) is 0 Å². The topological polar surface area (TPSA) is 213 Å². The molecule has 17 atom stereocenters. The summed E-state index contributed by atoms with van der Waals surface area (Å²) in [5, 5.41) is 71.9. The standard InChI is InChI=1S/C41H62O13/c1-36(2)14-16-41(35(50)54-33-29(46)26(43)22(42)19-51-33)17-15-39(6)20(21(41)18-36)8-9-24-38(5)12-11-25(37(3,4)23(38)10-13-40(24,39)7)52-34-30(47)27(44)28(45)31(53-34)32(48)49/h8,15,17,21-31,33-34,42-47H,9-14,16,18-19H2,1-7H3,(H,48,49)/t21?,22?,23?,24?,25-,26?,27?,28-,29?,30?,31?,33+,34+,38-,39-,40+,41-/m0/s1. The van der Waals surface area contributed by atoms with Crippen LogP contribution in [0.4, 0.5) is 0 Å². The molecule has 9 unspecified atom stereocenters. The number of hydrogen-bond donors (Lipinski definition) is 7. The van der Waals surface area contributed by atoms with Gasteiger partial charge in [-0.3, -0.25) is 4.79 Å². The van der Waals surface area contributed by atoms with E-state index in [1.165, 1.54) is 5.57 Å². The van der Waals surface area contributed by atoms with E-state index in [0.29, 0.717) is 12.8 Å². The third kappa shape index (κ3) is 5.81. The van der Waals surface area contributed by atoms with Gasteiger partial charge in [0.15, 0.2) is 12.4 Å². The number of fused-ring (bicyclic) bond motifs is 7. The van der Waals surface area contributed by atoms with Crippen molar-refractivity contribution in [2.45, 2.75) is 161 Å². The summed E-state index contributed by atoms with van der Waals surface area (Å²) in [6, 6.07) is 0. The van der Waals surface area contributed by atoms with Gasteiger partial charge in [-0.2, -0.15) is 0 Å². The van der Waals surface area contributed by atoms with Crippen LogP contribution in [0.3, 0.4) is 0 Å². The van der Waals surface area contributed by atoms with Crippen LogP contribution in [0.1, 0.15) is 99.8 Å². The average molecular weight is 763 g/mol. The molecule has 0 aromatic carbocycles. The zero-order valence-electron chi connectivity index (χ0n) is 32.7. The zero-order valence-corrected chi connectivity index (χ0v) is 32.7. The SMILES string of the molecule is CC1(C)CC[C@]2(C(=O)O[C@H]3OCC(O)C(O)C3O)C=C[C@@]3(C)C(=CCC4[C@@]5(C)CC[C@H](O[C@@H]6OC(C(=O)O)[C@@H](O)C(O)C6O)C(C)(C)C5CC[C@]43C)C2C1. The van der Waals surface area contributed by atoms with Crippen LogP contribution < -0.4 is 0 Å². The summed E-state index contributed by atoms with van der Waals surface area (Å²) in [6.45, 7) is 15.7. The number of carboxylic acid groups (broad SMARTS) is 1. The molecule has 0 radical (unpaired) electrons. The molecule has 54 heavy (non-hydrogen) atoms. The molecule has 0 amide bonds. The van der Waals surface area contributed by atoms with Crippen LogP contribution in [0, 0.1) is 50.2 Å². The Hall–Kier alpha value is -1.94. The predicted octanol–water partition coefficient (Wildman–Crippen LogP) is 2.82. The lowest BCUT2D eigenvalue weighted by atomic mass is 9.34. The molecule has 5 fully saturated rings. The maximum Gasteiger partial charge on any atom is 0.335 e. The molecule has 7 N–H and O–H groups in total. The second kappa shape index (κ2) is 13.3. The number of aliphatic hydroxyl groups excluding tert-OH is 6. The van der Waals surface area contributed by atoms with Crippen LogP contribution in [0.2, 0.25) is 0 Å². The maximum atomic E-state index is 14.4. The number of aliphatic carboxylic acids is 1. The third-order valence-corrected chi connectivity index (χ3v) is 16.2. The molecule has 0 aromatic heterocycles. The first kappa shape index (κ1) is 40.3. The lowest BCUT2D eigenvalue weighted by Crippen LogP contribution is -2.65. The Balaban J connectivity index is 1.16. The van der Waals surface area contributed by atoms with Gasteiger partial charge in [-0.25, -0.2) is 4.79 Å². The van der Waals surface area contributed by atoms with Crippen molar-refractivity contribution in [1.29, 1.82) is 0 Å². The van der Waals surface area contributed by atoms with E-state index in [-0.39, 0.29) is 46.0 Å². The lowest BCUT2D eigenvalue weighted by Gasteiger charge is -2.70. The molecule has 0 spiro atoms. The van der Waals surface area contributed by atoms with Crippen molar-refractivity contribution < 1.29 is 64.3 Å². The number of ether oxygens (including phenoxy) is 4. The van der Waals surface area contributed by atoms with Crippen LogP contribution in [-0.2, 0) is 28.5 Å². The van der Waals surface area contributed by atoms with E-state index < -0.39 is 84.2 Å². The quantitative estimate of drug-likeness (QED) is 0.122. The molecule has 13 nitrogen and oxygen atoms in total. The molecule has 2 aliphatic heterocycles. The van der Waals surface area contributed by atoms with Gasteiger partial charge in [-0.1, -0.05) is 72.3 Å². The molecule has 13 heteroatoms. The number of carbonyl (C=O) groups excluding carboxylic acids is 1. The van der Waals surface area contributed by atoms with Crippen molar-refractivity contribution in [2.75, 3.05) is 6.61 Å². The first-order valence-electron chi connectivity index (χ1n) is 19.9. The highest BCUT2D eigenvalue weighted by Crippen LogP contribution is 2.74. The number of aliphatic hydroxyl groups is 6. The minimum Gasteiger partial charge on any atom is -0.479 e. The first-order valence-corrected chi connectivity index (χ1v) is 19.9. The molecule has 2 heterocycles. The largest absolute Gasteiger partial charge is 0.479 e. The smallest absolute Gasteiger partial charge is 0.335 e. The van der Waals surface area contributed by atoms with Gasteiger partial charge in [0.2, 0.25) is 6.29 Å². The van der Waals surface area contributed by atoms with Crippen LogP contribution in [-0.4, -0.2) is 116 Å². The summed E-state index contributed by atoms with van der Waals surface area (Å²) >= 11 is 0. The Labute approximate surface area is 317 Å². The highest BCUT2D eigenvalue weighted by Gasteiger charge is 2.69. The van der Waals surface area contributed by atoms with Crippen LogP contribution in [0.15, 0.2) is 23.8 Å². The fourth-order valence-corrected chi connectivity index (χ4v) is 12.7. The fourth-order valence-electron chi connectivity index (χ4n) is 12.7. The zero-order chi connectivity index (χ0) is 39.6. The van der Waals surface area contributed by atoms with E-state index in [1.807, 2.05) is 0 Å². The first-order chi connectivity index (χ1) is 25.0. The van der Waals surface area contributed by atoms with Crippen LogP contribution >= 0.6 is 0 Å². The normalized spacial score (nSPS) is 52.1. The van der Waals surface area contributed by atoms with Crippen LogP contribution in [0.25, 0.3) is 0 Å². The number of carbonyl (C=O) groups is 2. The molecule has 5 aliphatic carbocycles. The number of rotatable bonds is 5. The molecule has 0 aromatic rings. The molecular weight excluding hydrogens is 700 g/mol. The summed E-state index contributed by atoms with van der Waals surface area (Å²) in [4.78, 5) is 26.2. The Kier molecular flexibility index (Phi) is 9.92. The Bertz CT molecular complexity index is 1560. The van der Waals surface area contributed by atoms with Crippen LogP contribution in [0.5, 0.6) is 0 Å². The van der Waals surface area contributed by atoms with E-state index in [9.17, 15) is 45.3 Å². The van der Waals surface area contributed by atoms with Crippen molar-refractivity contribution in [3.05, 3.63) is 23.8 Å². The van der Waals surface area contributed by atoms with Gasteiger partial charge in [0.1, 0.15) is 36.6 Å². The molecule has 7 aliphatic rings. The van der Waals surface area contributed by atoms with Gasteiger partial charge in [0.25, 0.3) is 0 Å². The summed E-state index contributed by atoms with van der Waals surface area (Å²) < 4.78 is 23.3. The van der Waals surface area contributed by atoms with E-state index in [4.69, 9.17) is 18.9 Å². The monoisotopic (exact) mass is 762 g/mol. The second-order valence-corrected chi connectivity index (χ2v) is 19.8. The van der Waals surface area contributed by atoms with E-state index in [2.05, 4.69) is 66.7 Å². The van der Waals surface area contributed by atoms with Gasteiger partial charge in [-0.15, -0.1) is 0 Å². The molecule has 2 saturated heterocycles. The number of carboxylic acids is 1. The Morgan fingerprint density at radius 1 is 0.778 bits per heavy atom. The molecule has 304 valence electrons. The molecular formula is C41H62O13. The van der Waals surface area contributed by atoms with Gasteiger partial charge in [-0.05, 0) is 84.9 Å². The van der Waals surface area contributed by atoms with Crippen molar-refractivity contribution in [3.8, 4) is 0 Å². The third-order valence-electron chi connectivity index (χ3n) is 16.2. The van der Waals surface area contributed by atoms with Crippen molar-refractivity contribution >= 4 is 11.9 Å². The van der Waals surface area contributed by atoms with Crippen molar-refractivity contribution in [2.24, 2.45) is 50.2 Å². The number of hydrogen-bond acceptors (Lipinski definition) is 12. The fraction of sp³-hybridized carbons (Fsp3) is 0.854.